The second-order valence-corrected chi connectivity index (χ2v) is 6.30. The molecule has 0 aliphatic carbocycles. The van der Waals surface area contributed by atoms with Crippen LogP contribution in [0.2, 0.25) is 0 Å². The Balaban J connectivity index is 0.00000225. The second kappa shape index (κ2) is 9.09. The summed E-state index contributed by atoms with van der Waals surface area (Å²) in [4.78, 5) is 13.1. The van der Waals surface area contributed by atoms with Crippen molar-refractivity contribution in [3.05, 3.63) is 35.3 Å². The smallest absolute Gasteiger partial charge is 0.191 e. The summed E-state index contributed by atoms with van der Waals surface area (Å²) in [6, 6.07) is 5.35. The number of hydrogen-bond acceptors (Lipinski definition) is 6. The molecular formula is C16H22IN5O2S. The minimum atomic E-state index is 0. The fourth-order valence-corrected chi connectivity index (χ4v) is 3.32. The SMILES string of the molecule is COc1cccc(CN=C(N)N2CCN(c3nccs3)CC2)c1O.I. The van der Waals surface area contributed by atoms with Gasteiger partial charge in [0.25, 0.3) is 0 Å². The maximum atomic E-state index is 10.1. The van der Waals surface area contributed by atoms with Gasteiger partial charge in [-0.1, -0.05) is 12.1 Å². The highest BCUT2D eigenvalue weighted by atomic mass is 127. The van der Waals surface area contributed by atoms with E-state index in [4.69, 9.17) is 10.5 Å². The van der Waals surface area contributed by atoms with Crippen molar-refractivity contribution in [3.8, 4) is 11.5 Å². The summed E-state index contributed by atoms with van der Waals surface area (Å²) in [6.07, 6.45) is 1.82. The van der Waals surface area contributed by atoms with E-state index >= 15 is 0 Å². The van der Waals surface area contributed by atoms with Crippen molar-refractivity contribution >= 4 is 46.4 Å². The lowest BCUT2D eigenvalue weighted by molar-refractivity contribution is 0.370. The number of hydrogen-bond donors (Lipinski definition) is 2. The zero-order valence-electron chi connectivity index (χ0n) is 14.0. The molecular weight excluding hydrogens is 453 g/mol. The largest absolute Gasteiger partial charge is 0.504 e. The molecule has 1 saturated heterocycles. The Labute approximate surface area is 168 Å². The number of nitrogens with zero attached hydrogens (tertiary/aromatic N) is 4. The van der Waals surface area contributed by atoms with Crippen LogP contribution in [0.5, 0.6) is 11.5 Å². The summed E-state index contributed by atoms with van der Waals surface area (Å²) in [5.41, 5.74) is 6.81. The standard InChI is InChI=1S/C16H21N5O2S.HI/c1-23-13-4-2-3-12(14(13)22)11-19-15(17)20-6-8-21(9-7-20)16-18-5-10-24-16;/h2-5,10,22H,6-9,11H2,1H3,(H2,17,19);1H. The predicted octanol–water partition coefficient (Wildman–Crippen LogP) is 2.11. The molecule has 0 radical (unpaired) electrons. The molecule has 0 saturated carbocycles. The number of aliphatic imine (C=N–C) groups is 1. The molecule has 0 unspecified atom stereocenters. The highest BCUT2D eigenvalue weighted by Gasteiger charge is 2.19. The van der Waals surface area contributed by atoms with Gasteiger partial charge in [-0.3, -0.25) is 0 Å². The summed E-state index contributed by atoms with van der Waals surface area (Å²) in [7, 11) is 1.53. The third kappa shape index (κ3) is 4.66. The molecule has 2 heterocycles. The average Bonchev–Trinajstić information content (AvgIpc) is 3.15. The van der Waals surface area contributed by atoms with Crippen LogP contribution >= 0.6 is 35.3 Å². The van der Waals surface area contributed by atoms with Crippen molar-refractivity contribution in [2.24, 2.45) is 10.7 Å². The maximum Gasteiger partial charge on any atom is 0.191 e. The Bertz CT molecular complexity index is 703. The fraction of sp³-hybridized carbons (Fsp3) is 0.375. The van der Waals surface area contributed by atoms with Crippen LogP contribution in [0.15, 0.2) is 34.8 Å². The summed E-state index contributed by atoms with van der Waals surface area (Å²) < 4.78 is 5.11. The number of nitrogens with two attached hydrogens (primary N) is 1. The van der Waals surface area contributed by atoms with E-state index in [0.29, 0.717) is 23.8 Å². The first-order chi connectivity index (χ1) is 11.7. The molecule has 0 spiro atoms. The van der Waals surface area contributed by atoms with Crippen LogP contribution in [0.3, 0.4) is 0 Å². The van der Waals surface area contributed by atoms with Crippen LogP contribution in [-0.2, 0) is 6.54 Å². The Hall–Kier alpha value is -1.75. The van der Waals surface area contributed by atoms with Gasteiger partial charge in [-0.2, -0.15) is 0 Å². The number of aromatic hydroxyl groups is 1. The lowest BCUT2D eigenvalue weighted by Gasteiger charge is -2.35. The summed E-state index contributed by atoms with van der Waals surface area (Å²) >= 11 is 1.65. The van der Waals surface area contributed by atoms with Crippen molar-refractivity contribution in [3.63, 3.8) is 0 Å². The normalized spacial score (nSPS) is 15.0. The molecule has 0 amide bonds. The van der Waals surface area contributed by atoms with Gasteiger partial charge in [0.2, 0.25) is 0 Å². The Morgan fingerprint density at radius 2 is 2.12 bits per heavy atom. The summed E-state index contributed by atoms with van der Waals surface area (Å²) in [5, 5.41) is 13.1. The van der Waals surface area contributed by atoms with Crippen molar-refractivity contribution in [1.82, 2.24) is 9.88 Å². The van der Waals surface area contributed by atoms with E-state index in [2.05, 4.69) is 19.8 Å². The Morgan fingerprint density at radius 3 is 2.76 bits per heavy atom. The third-order valence-electron chi connectivity index (χ3n) is 4.01. The molecule has 3 rings (SSSR count). The van der Waals surface area contributed by atoms with E-state index in [-0.39, 0.29) is 29.7 Å². The molecule has 136 valence electrons. The highest BCUT2D eigenvalue weighted by molar-refractivity contribution is 14.0. The fourth-order valence-electron chi connectivity index (χ4n) is 2.63. The number of phenols is 1. The van der Waals surface area contributed by atoms with Crippen LogP contribution in [0.25, 0.3) is 0 Å². The van der Waals surface area contributed by atoms with Crippen molar-refractivity contribution < 1.29 is 9.84 Å². The number of anilines is 1. The lowest BCUT2D eigenvalue weighted by atomic mass is 10.2. The molecule has 1 aromatic carbocycles. The van der Waals surface area contributed by atoms with Crippen LogP contribution in [0, 0.1) is 0 Å². The zero-order chi connectivity index (χ0) is 16.9. The number of ether oxygens (including phenoxy) is 1. The molecule has 1 aliphatic heterocycles. The van der Waals surface area contributed by atoms with E-state index in [1.165, 1.54) is 7.11 Å². The molecule has 1 aliphatic rings. The molecule has 1 fully saturated rings. The first kappa shape index (κ1) is 19.6. The van der Waals surface area contributed by atoms with Crippen LogP contribution < -0.4 is 15.4 Å². The van der Waals surface area contributed by atoms with E-state index < -0.39 is 0 Å². The highest BCUT2D eigenvalue weighted by Crippen LogP contribution is 2.29. The molecule has 9 heteroatoms. The number of halogens is 1. The van der Waals surface area contributed by atoms with Gasteiger partial charge >= 0.3 is 0 Å². The minimum Gasteiger partial charge on any atom is -0.504 e. The van der Waals surface area contributed by atoms with Gasteiger partial charge in [-0.25, -0.2) is 9.98 Å². The van der Waals surface area contributed by atoms with Crippen LogP contribution in [0.4, 0.5) is 5.13 Å². The predicted molar refractivity (Wildman–Crippen MR) is 111 cm³/mol. The van der Waals surface area contributed by atoms with Gasteiger partial charge in [0, 0.05) is 43.3 Å². The number of benzene rings is 1. The number of guanidine groups is 1. The first-order valence-corrected chi connectivity index (χ1v) is 8.61. The van der Waals surface area contributed by atoms with Crippen LogP contribution in [-0.4, -0.2) is 54.2 Å². The molecule has 1 aromatic heterocycles. The lowest BCUT2D eigenvalue weighted by Crippen LogP contribution is -2.51. The monoisotopic (exact) mass is 475 g/mol. The Kier molecular flexibility index (Phi) is 7.12. The minimum absolute atomic E-state index is 0. The molecule has 3 N–H and O–H groups in total. The van der Waals surface area contributed by atoms with Crippen molar-refractivity contribution in [2.45, 2.75) is 6.54 Å². The molecule has 2 aromatic rings. The number of aromatic nitrogens is 1. The van der Waals surface area contributed by atoms with Gasteiger partial charge in [-0.05, 0) is 6.07 Å². The molecule has 0 bridgehead atoms. The zero-order valence-corrected chi connectivity index (χ0v) is 17.1. The van der Waals surface area contributed by atoms with E-state index in [9.17, 15) is 5.11 Å². The van der Waals surface area contributed by atoms with Crippen molar-refractivity contribution in [2.75, 3.05) is 38.2 Å². The van der Waals surface area contributed by atoms with Gasteiger partial charge in [0.15, 0.2) is 22.6 Å². The second-order valence-electron chi connectivity index (χ2n) is 5.43. The summed E-state index contributed by atoms with van der Waals surface area (Å²) in [5.74, 6) is 1.06. The number of methoxy groups -OCH3 is 1. The Morgan fingerprint density at radius 1 is 1.36 bits per heavy atom. The van der Waals surface area contributed by atoms with Gasteiger partial charge in [0.05, 0.1) is 13.7 Å². The van der Waals surface area contributed by atoms with E-state index in [0.717, 1.165) is 31.3 Å². The van der Waals surface area contributed by atoms with E-state index in [1.54, 1.807) is 17.4 Å². The summed E-state index contributed by atoms with van der Waals surface area (Å²) in [6.45, 7) is 3.67. The van der Waals surface area contributed by atoms with Crippen LogP contribution in [0.1, 0.15) is 5.56 Å². The quantitative estimate of drug-likeness (QED) is 0.400. The van der Waals surface area contributed by atoms with E-state index in [1.807, 2.05) is 23.7 Å². The number of piperazine rings is 1. The average molecular weight is 475 g/mol. The molecule has 25 heavy (non-hydrogen) atoms. The van der Waals surface area contributed by atoms with Gasteiger partial charge in [-0.15, -0.1) is 35.3 Å². The number of rotatable bonds is 4. The van der Waals surface area contributed by atoms with Gasteiger partial charge in [0.1, 0.15) is 0 Å². The molecule has 0 atom stereocenters. The third-order valence-corrected chi connectivity index (χ3v) is 4.84. The maximum absolute atomic E-state index is 10.1. The van der Waals surface area contributed by atoms with Gasteiger partial charge < -0.3 is 25.4 Å². The number of para-hydroxylation sites is 1. The first-order valence-electron chi connectivity index (χ1n) is 7.73. The van der Waals surface area contributed by atoms with Crippen molar-refractivity contribution in [1.29, 1.82) is 0 Å². The topological polar surface area (TPSA) is 87.2 Å². The number of thiazole rings is 1. The number of phenolic OH excluding ortho intramolecular Hbond substituents is 1. The molecule has 7 nitrogen and oxygen atoms in total.